The van der Waals surface area contributed by atoms with Crippen molar-refractivity contribution in [1.82, 2.24) is 15.2 Å². The van der Waals surface area contributed by atoms with Gasteiger partial charge >= 0.3 is 0 Å². The molecule has 1 fully saturated rings. The Morgan fingerprint density at radius 1 is 1.56 bits per heavy atom. The summed E-state index contributed by atoms with van der Waals surface area (Å²) in [6.07, 6.45) is 3.40. The van der Waals surface area contributed by atoms with Gasteiger partial charge < -0.3 is 10.2 Å². The van der Waals surface area contributed by atoms with Crippen LogP contribution in [0.1, 0.15) is 22.8 Å². The molecule has 16 heavy (non-hydrogen) atoms. The number of carbonyl (C=O) groups is 1. The van der Waals surface area contributed by atoms with Gasteiger partial charge in [-0.15, -0.1) is 0 Å². The van der Waals surface area contributed by atoms with Crippen LogP contribution in [0.5, 0.6) is 0 Å². The lowest BCUT2D eigenvalue weighted by molar-refractivity contribution is 0.0629. The second kappa shape index (κ2) is 4.61. The molecule has 0 spiro atoms. The molecule has 0 bridgehead atoms. The fraction of sp³-hybridized carbons (Fsp3) is 0.500. The van der Waals surface area contributed by atoms with E-state index in [1.807, 2.05) is 24.8 Å². The van der Waals surface area contributed by atoms with Crippen LogP contribution in [0.3, 0.4) is 0 Å². The van der Waals surface area contributed by atoms with Gasteiger partial charge in [-0.05, 0) is 25.5 Å². The quantitative estimate of drug-likeness (QED) is 0.818. The van der Waals surface area contributed by atoms with Crippen molar-refractivity contribution in [2.45, 2.75) is 19.9 Å². The summed E-state index contributed by atoms with van der Waals surface area (Å²) >= 11 is 0. The number of carbonyl (C=O) groups excluding carboxylic acids is 1. The monoisotopic (exact) mass is 219 g/mol. The molecule has 1 saturated heterocycles. The molecule has 4 nitrogen and oxygen atoms in total. The first kappa shape index (κ1) is 11.1. The third-order valence-electron chi connectivity index (χ3n) is 2.92. The molecule has 1 amide bonds. The third-order valence-corrected chi connectivity index (χ3v) is 2.92. The molecule has 1 aliphatic rings. The van der Waals surface area contributed by atoms with Crippen molar-refractivity contribution in [3.05, 3.63) is 29.6 Å². The molecule has 2 rings (SSSR count). The van der Waals surface area contributed by atoms with Gasteiger partial charge in [-0.3, -0.25) is 9.78 Å². The van der Waals surface area contributed by atoms with Crippen molar-refractivity contribution in [2.75, 3.05) is 19.6 Å². The number of hydrogen-bond acceptors (Lipinski definition) is 3. The van der Waals surface area contributed by atoms with E-state index in [1.165, 1.54) is 0 Å². The van der Waals surface area contributed by atoms with Crippen LogP contribution in [0.4, 0.5) is 0 Å². The normalized spacial score (nSPS) is 15.6. The molecule has 1 aromatic rings. The maximum atomic E-state index is 12.2. The van der Waals surface area contributed by atoms with Crippen LogP contribution in [0.15, 0.2) is 18.5 Å². The minimum Gasteiger partial charge on any atom is -0.333 e. The molecule has 1 N–H and O–H groups in total. The predicted molar refractivity (Wildman–Crippen MR) is 62.3 cm³/mol. The van der Waals surface area contributed by atoms with Gasteiger partial charge in [0.25, 0.3) is 5.91 Å². The Labute approximate surface area is 95.7 Å². The van der Waals surface area contributed by atoms with Crippen molar-refractivity contribution in [3.63, 3.8) is 0 Å². The van der Waals surface area contributed by atoms with Crippen LogP contribution in [0.25, 0.3) is 0 Å². The van der Waals surface area contributed by atoms with Gasteiger partial charge in [0, 0.05) is 32.0 Å². The first-order valence-electron chi connectivity index (χ1n) is 5.65. The number of rotatable bonds is 3. The molecule has 86 valence electrons. The van der Waals surface area contributed by atoms with Crippen LogP contribution < -0.4 is 5.32 Å². The van der Waals surface area contributed by atoms with Gasteiger partial charge in [-0.2, -0.15) is 0 Å². The zero-order chi connectivity index (χ0) is 11.5. The van der Waals surface area contributed by atoms with Crippen LogP contribution >= 0.6 is 0 Å². The Balaban J connectivity index is 2.16. The zero-order valence-corrected chi connectivity index (χ0v) is 9.73. The van der Waals surface area contributed by atoms with Crippen molar-refractivity contribution >= 4 is 5.91 Å². The highest BCUT2D eigenvalue weighted by molar-refractivity contribution is 5.94. The van der Waals surface area contributed by atoms with Gasteiger partial charge in [-0.25, -0.2) is 0 Å². The van der Waals surface area contributed by atoms with E-state index in [9.17, 15) is 4.79 Å². The first-order chi connectivity index (χ1) is 7.72. The summed E-state index contributed by atoms with van der Waals surface area (Å²) in [5.74, 6) is 0.0881. The lowest BCUT2D eigenvalue weighted by Gasteiger charge is -2.37. The summed E-state index contributed by atoms with van der Waals surface area (Å²) in [6, 6.07) is 2.24. The number of hydrogen-bond donors (Lipinski definition) is 1. The second-order valence-corrected chi connectivity index (χ2v) is 4.15. The maximum Gasteiger partial charge on any atom is 0.255 e. The van der Waals surface area contributed by atoms with E-state index in [-0.39, 0.29) is 5.91 Å². The molecule has 2 heterocycles. The first-order valence-corrected chi connectivity index (χ1v) is 5.65. The van der Waals surface area contributed by atoms with Crippen LogP contribution in [-0.2, 0) is 0 Å². The Morgan fingerprint density at radius 3 is 2.81 bits per heavy atom. The summed E-state index contributed by atoms with van der Waals surface area (Å²) in [5.41, 5.74) is 1.71. The van der Waals surface area contributed by atoms with Crippen molar-refractivity contribution in [2.24, 2.45) is 0 Å². The number of aromatic nitrogens is 1. The highest BCUT2D eigenvalue weighted by atomic mass is 16.2. The second-order valence-electron chi connectivity index (χ2n) is 4.15. The van der Waals surface area contributed by atoms with Gasteiger partial charge in [0.2, 0.25) is 0 Å². The summed E-state index contributed by atoms with van der Waals surface area (Å²) in [4.78, 5) is 18.2. The largest absolute Gasteiger partial charge is 0.333 e. The zero-order valence-electron chi connectivity index (χ0n) is 9.73. The Morgan fingerprint density at radius 2 is 2.31 bits per heavy atom. The van der Waals surface area contributed by atoms with Crippen molar-refractivity contribution in [1.29, 1.82) is 0 Å². The fourth-order valence-electron chi connectivity index (χ4n) is 1.90. The predicted octanol–water partition coefficient (Wildman–Crippen LogP) is 0.824. The summed E-state index contributed by atoms with van der Waals surface area (Å²) in [7, 11) is 0. The van der Waals surface area contributed by atoms with E-state index in [0.29, 0.717) is 11.6 Å². The number of nitrogens with zero attached hydrogens (tertiary/aromatic N) is 2. The fourth-order valence-corrected chi connectivity index (χ4v) is 1.90. The van der Waals surface area contributed by atoms with Gasteiger partial charge in [0.05, 0.1) is 11.6 Å². The topological polar surface area (TPSA) is 45.2 Å². The highest BCUT2D eigenvalue weighted by Crippen LogP contribution is 2.11. The van der Waals surface area contributed by atoms with E-state index in [0.717, 1.165) is 25.2 Å². The average molecular weight is 219 g/mol. The summed E-state index contributed by atoms with van der Waals surface area (Å²) in [6.45, 7) is 6.52. The molecule has 0 saturated carbocycles. The number of amides is 1. The molecule has 0 atom stereocenters. The number of pyridine rings is 1. The van der Waals surface area contributed by atoms with E-state index < -0.39 is 0 Å². The standard InChI is InChI=1S/C12H17N3O/c1-3-15(11-7-14-8-11)12(16)10-4-9(2)5-13-6-10/h4-6,11,14H,3,7-8H2,1-2H3. The molecule has 0 unspecified atom stereocenters. The van der Waals surface area contributed by atoms with Gasteiger partial charge in [-0.1, -0.05) is 0 Å². The van der Waals surface area contributed by atoms with E-state index in [4.69, 9.17) is 0 Å². The highest BCUT2D eigenvalue weighted by Gasteiger charge is 2.27. The van der Waals surface area contributed by atoms with Crippen LogP contribution in [-0.4, -0.2) is 41.5 Å². The van der Waals surface area contributed by atoms with Crippen molar-refractivity contribution < 1.29 is 4.79 Å². The molecule has 1 aliphatic heterocycles. The SMILES string of the molecule is CCN(C(=O)c1cncc(C)c1)C1CNC1. The number of nitrogens with one attached hydrogen (secondary N) is 1. The van der Waals surface area contributed by atoms with Crippen LogP contribution in [0.2, 0.25) is 0 Å². The smallest absolute Gasteiger partial charge is 0.255 e. The minimum atomic E-state index is 0.0881. The van der Waals surface area contributed by atoms with E-state index >= 15 is 0 Å². The molecular formula is C12H17N3O. The molecule has 4 heteroatoms. The maximum absolute atomic E-state index is 12.2. The summed E-state index contributed by atoms with van der Waals surface area (Å²) in [5, 5.41) is 3.18. The lowest BCUT2D eigenvalue weighted by Crippen LogP contribution is -2.58. The number of likely N-dealkylation sites (N-methyl/N-ethyl adjacent to an activating group) is 1. The molecule has 0 radical (unpaired) electrons. The van der Waals surface area contributed by atoms with E-state index in [1.54, 1.807) is 12.4 Å². The van der Waals surface area contributed by atoms with Gasteiger partial charge in [0.15, 0.2) is 0 Å². The molecule has 0 aromatic carbocycles. The minimum absolute atomic E-state index is 0.0881. The molecular weight excluding hydrogens is 202 g/mol. The average Bonchev–Trinajstić information content (AvgIpc) is 2.22. The van der Waals surface area contributed by atoms with Gasteiger partial charge in [0.1, 0.15) is 0 Å². The Bertz CT molecular complexity index is 388. The Hall–Kier alpha value is -1.42. The summed E-state index contributed by atoms with van der Waals surface area (Å²) < 4.78 is 0. The van der Waals surface area contributed by atoms with Crippen LogP contribution in [0, 0.1) is 6.92 Å². The molecule has 1 aromatic heterocycles. The lowest BCUT2D eigenvalue weighted by atomic mass is 10.1. The third kappa shape index (κ3) is 2.07. The van der Waals surface area contributed by atoms with E-state index in [2.05, 4.69) is 10.3 Å². The van der Waals surface area contributed by atoms with Crippen molar-refractivity contribution in [3.8, 4) is 0 Å². The number of aryl methyl sites for hydroxylation is 1. The molecule has 0 aliphatic carbocycles. The Kier molecular flexibility index (Phi) is 3.19.